The van der Waals surface area contributed by atoms with E-state index >= 15 is 0 Å². The average Bonchev–Trinajstić information content (AvgIpc) is 2.42. The highest BCUT2D eigenvalue weighted by molar-refractivity contribution is 7.91. The summed E-state index contributed by atoms with van der Waals surface area (Å²) in [6, 6.07) is 4.00. The summed E-state index contributed by atoms with van der Waals surface area (Å²) in [7, 11) is -3.10. The van der Waals surface area contributed by atoms with Gasteiger partial charge >= 0.3 is 0 Å². The molecule has 1 aromatic carbocycles. The summed E-state index contributed by atoms with van der Waals surface area (Å²) >= 11 is 6.09. The summed E-state index contributed by atoms with van der Waals surface area (Å²) < 4.78 is 37.6. The monoisotopic (exact) mass is 334 g/mol. The average molecular weight is 335 g/mol. The number of hydrazine groups is 1. The Hall–Kier alpha value is -0.690. The molecule has 0 heterocycles. The van der Waals surface area contributed by atoms with Crippen LogP contribution in [0.1, 0.15) is 37.3 Å². The number of hydrogen-bond acceptors (Lipinski definition) is 4. The predicted molar refractivity (Wildman–Crippen MR) is 82.1 cm³/mol. The molecule has 3 unspecified atom stereocenters. The first kappa shape index (κ1) is 16.7. The summed E-state index contributed by atoms with van der Waals surface area (Å²) in [5.41, 5.74) is 2.94. The Kier molecular flexibility index (Phi) is 5.24. The second kappa shape index (κ2) is 6.60. The van der Waals surface area contributed by atoms with Crippen molar-refractivity contribution in [3.63, 3.8) is 0 Å². The Morgan fingerprint density at radius 2 is 2.14 bits per heavy atom. The zero-order valence-electron chi connectivity index (χ0n) is 11.9. The molecule has 0 aliphatic heterocycles. The molecule has 3 N–H and O–H groups in total. The topological polar surface area (TPSA) is 72.2 Å². The summed E-state index contributed by atoms with van der Waals surface area (Å²) in [5, 5.41) is -0.0860. The fraction of sp³-hybridized carbons (Fsp3) is 0.571. The number of nitrogens with one attached hydrogen (secondary N) is 1. The first-order valence-electron chi connectivity index (χ1n) is 6.93. The molecule has 0 amide bonds. The molecule has 1 aliphatic carbocycles. The summed E-state index contributed by atoms with van der Waals surface area (Å²) in [4.78, 5) is 0. The molecule has 21 heavy (non-hydrogen) atoms. The minimum absolute atomic E-state index is 0.0575. The van der Waals surface area contributed by atoms with Crippen LogP contribution < -0.4 is 11.3 Å². The van der Waals surface area contributed by atoms with E-state index in [1.54, 1.807) is 6.07 Å². The van der Waals surface area contributed by atoms with Crippen molar-refractivity contribution in [1.29, 1.82) is 0 Å². The van der Waals surface area contributed by atoms with Gasteiger partial charge in [-0.15, -0.1) is 0 Å². The Bertz CT molecular complexity index is 589. The summed E-state index contributed by atoms with van der Waals surface area (Å²) in [6.45, 7) is 0. The fourth-order valence-corrected chi connectivity index (χ4v) is 4.61. The van der Waals surface area contributed by atoms with Crippen LogP contribution in [0.25, 0.3) is 0 Å². The zero-order valence-corrected chi connectivity index (χ0v) is 13.4. The molecule has 4 nitrogen and oxygen atoms in total. The lowest BCUT2D eigenvalue weighted by molar-refractivity contribution is 0.270. The molecule has 3 atom stereocenters. The Morgan fingerprint density at radius 3 is 2.71 bits per heavy atom. The molecule has 2 rings (SSSR count). The highest BCUT2D eigenvalue weighted by Crippen LogP contribution is 2.39. The first-order valence-corrected chi connectivity index (χ1v) is 9.26. The van der Waals surface area contributed by atoms with E-state index in [-0.39, 0.29) is 5.92 Å². The fourth-order valence-electron chi connectivity index (χ4n) is 3.14. The molecule has 0 radical (unpaired) electrons. The van der Waals surface area contributed by atoms with Crippen LogP contribution in [0, 0.1) is 11.7 Å². The van der Waals surface area contributed by atoms with Crippen molar-refractivity contribution in [2.75, 3.05) is 6.26 Å². The number of benzene rings is 1. The maximum atomic E-state index is 14.1. The largest absolute Gasteiger partial charge is 0.271 e. The van der Waals surface area contributed by atoms with E-state index in [0.29, 0.717) is 23.4 Å². The van der Waals surface area contributed by atoms with Crippen LogP contribution in [0.2, 0.25) is 5.02 Å². The van der Waals surface area contributed by atoms with Crippen LogP contribution in [0.15, 0.2) is 18.2 Å². The summed E-state index contributed by atoms with van der Waals surface area (Å²) in [6.07, 6.45) is 3.95. The second-order valence-electron chi connectivity index (χ2n) is 5.66. The van der Waals surface area contributed by atoms with Crippen molar-refractivity contribution in [3.05, 3.63) is 34.6 Å². The van der Waals surface area contributed by atoms with Crippen molar-refractivity contribution in [1.82, 2.24) is 5.43 Å². The maximum absolute atomic E-state index is 14.1. The van der Waals surface area contributed by atoms with Gasteiger partial charge in [0.1, 0.15) is 15.7 Å². The van der Waals surface area contributed by atoms with Crippen molar-refractivity contribution >= 4 is 21.4 Å². The number of nitrogens with two attached hydrogens (primary N) is 1. The van der Waals surface area contributed by atoms with Gasteiger partial charge in [-0.3, -0.25) is 11.3 Å². The van der Waals surface area contributed by atoms with E-state index in [9.17, 15) is 12.8 Å². The molecule has 0 spiro atoms. The molecule has 1 aromatic rings. The molecule has 1 saturated carbocycles. The van der Waals surface area contributed by atoms with Crippen molar-refractivity contribution in [3.8, 4) is 0 Å². The third kappa shape index (κ3) is 3.74. The molecule has 7 heteroatoms. The Labute approximate surface area is 129 Å². The number of hydrogen-bond donors (Lipinski definition) is 2. The van der Waals surface area contributed by atoms with Gasteiger partial charge in [0.05, 0.1) is 11.3 Å². The van der Waals surface area contributed by atoms with Gasteiger partial charge in [-0.1, -0.05) is 24.1 Å². The second-order valence-corrected chi connectivity index (χ2v) is 8.39. The normalized spacial score (nSPS) is 24.8. The van der Waals surface area contributed by atoms with E-state index in [2.05, 4.69) is 5.43 Å². The van der Waals surface area contributed by atoms with Crippen molar-refractivity contribution < 1.29 is 12.8 Å². The van der Waals surface area contributed by atoms with Gasteiger partial charge in [-0.2, -0.15) is 0 Å². The molecule has 1 fully saturated rings. The third-order valence-corrected chi connectivity index (χ3v) is 6.20. The lowest BCUT2D eigenvalue weighted by Crippen LogP contribution is -2.39. The third-order valence-electron chi connectivity index (χ3n) is 4.23. The van der Waals surface area contributed by atoms with Crippen molar-refractivity contribution in [2.45, 2.75) is 37.0 Å². The molecular weight excluding hydrogens is 315 g/mol. The van der Waals surface area contributed by atoms with E-state index in [1.807, 2.05) is 0 Å². The predicted octanol–water partition coefficient (Wildman–Crippen LogP) is 2.59. The van der Waals surface area contributed by atoms with Crippen LogP contribution in [-0.4, -0.2) is 19.9 Å². The van der Waals surface area contributed by atoms with Gasteiger partial charge in [-0.25, -0.2) is 12.8 Å². The smallest absolute Gasteiger partial charge is 0.150 e. The van der Waals surface area contributed by atoms with E-state index in [0.717, 1.165) is 12.8 Å². The zero-order chi connectivity index (χ0) is 15.6. The van der Waals surface area contributed by atoms with E-state index in [4.69, 9.17) is 17.4 Å². The van der Waals surface area contributed by atoms with Crippen LogP contribution in [0.3, 0.4) is 0 Å². The van der Waals surface area contributed by atoms with E-state index in [1.165, 1.54) is 18.4 Å². The highest BCUT2D eigenvalue weighted by atomic mass is 35.5. The minimum Gasteiger partial charge on any atom is -0.271 e. The van der Waals surface area contributed by atoms with E-state index < -0.39 is 26.9 Å². The standard InChI is InChI=1S/C14H20ClFN2O2S/c1-21(19,20)10-5-2-4-9(8-10)14(18-17)13-11(15)6-3-7-12(13)16/h3,6-7,9-10,14,18H,2,4-5,8,17H2,1H3. The number of sulfone groups is 1. The highest BCUT2D eigenvalue weighted by Gasteiger charge is 2.35. The van der Waals surface area contributed by atoms with Gasteiger partial charge in [0, 0.05) is 16.8 Å². The van der Waals surface area contributed by atoms with Gasteiger partial charge in [0.2, 0.25) is 0 Å². The van der Waals surface area contributed by atoms with Crippen LogP contribution >= 0.6 is 11.6 Å². The molecule has 0 saturated heterocycles. The SMILES string of the molecule is CS(=O)(=O)C1CCCC(C(NN)c2c(F)cccc2Cl)C1. The van der Waals surface area contributed by atoms with Gasteiger partial charge in [0.25, 0.3) is 0 Å². The Balaban J connectivity index is 2.29. The summed E-state index contributed by atoms with van der Waals surface area (Å²) in [5.74, 6) is 5.12. The maximum Gasteiger partial charge on any atom is 0.150 e. The molecule has 0 bridgehead atoms. The molecule has 118 valence electrons. The van der Waals surface area contributed by atoms with Gasteiger partial charge in [0.15, 0.2) is 0 Å². The van der Waals surface area contributed by atoms with Gasteiger partial charge in [-0.05, 0) is 37.3 Å². The molecule has 1 aliphatic rings. The number of rotatable bonds is 4. The number of halogens is 2. The first-order chi connectivity index (χ1) is 9.84. The quantitative estimate of drug-likeness (QED) is 0.655. The van der Waals surface area contributed by atoms with Crippen LogP contribution in [0.5, 0.6) is 0 Å². The lowest BCUT2D eigenvalue weighted by Gasteiger charge is -2.34. The van der Waals surface area contributed by atoms with Crippen LogP contribution in [0.4, 0.5) is 4.39 Å². The van der Waals surface area contributed by atoms with Gasteiger partial charge < -0.3 is 0 Å². The minimum atomic E-state index is -3.10. The lowest BCUT2D eigenvalue weighted by atomic mass is 9.81. The molecular formula is C14H20ClFN2O2S. The van der Waals surface area contributed by atoms with Crippen molar-refractivity contribution in [2.24, 2.45) is 11.8 Å². The Morgan fingerprint density at radius 1 is 1.43 bits per heavy atom. The molecule has 0 aromatic heterocycles. The van der Waals surface area contributed by atoms with Crippen LogP contribution in [-0.2, 0) is 9.84 Å².